The minimum atomic E-state index is -1.07. The summed E-state index contributed by atoms with van der Waals surface area (Å²) in [6.45, 7) is 3.55. The molecule has 0 aliphatic carbocycles. The first-order valence-electron chi connectivity index (χ1n) is 4.68. The maximum absolute atomic E-state index is 10.8. The predicted molar refractivity (Wildman–Crippen MR) is 55.6 cm³/mol. The van der Waals surface area contributed by atoms with E-state index in [4.69, 9.17) is 5.11 Å². The van der Waals surface area contributed by atoms with Crippen molar-refractivity contribution in [2.75, 3.05) is 0 Å². The van der Waals surface area contributed by atoms with E-state index in [0.29, 0.717) is 5.69 Å². The maximum Gasteiger partial charge on any atom is 0.354 e. The van der Waals surface area contributed by atoms with Gasteiger partial charge in [0.2, 0.25) is 0 Å². The Morgan fingerprint density at radius 2 is 2.06 bits per heavy atom. The van der Waals surface area contributed by atoms with E-state index in [-0.39, 0.29) is 11.6 Å². The predicted octanol–water partition coefficient (Wildman–Crippen LogP) is 0.977. The normalized spacial score (nSPS) is 10.4. The van der Waals surface area contributed by atoms with E-state index in [1.54, 1.807) is 19.2 Å². The van der Waals surface area contributed by atoms with Gasteiger partial charge in [-0.1, -0.05) is 0 Å². The molecular formula is C10H10N4O2. The average molecular weight is 218 g/mol. The lowest BCUT2D eigenvalue weighted by atomic mass is 10.3. The molecule has 0 atom stereocenters. The number of rotatable bonds is 2. The lowest BCUT2D eigenvalue weighted by molar-refractivity contribution is 0.0690. The summed E-state index contributed by atoms with van der Waals surface area (Å²) < 4.78 is 1.45. The lowest BCUT2D eigenvalue weighted by Crippen LogP contribution is -2.09. The molecule has 0 spiro atoms. The van der Waals surface area contributed by atoms with E-state index < -0.39 is 5.97 Å². The molecule has 16 heavy (non-hydrogen) atoms. The van der Waals surface area contributed by atoms with Crippen molar-refractivity contribution < 1.29 is 9.90 Å². The highest BCUT2D eigenvalue weighted by atomic mass is 16.4. The topological polar surface area (TPSA) is 80.9 Å². The number of carbonyl (C=O) groups is 1. The molecule has 0 unspecified atom stereocenters. The van der Waals surface area contributed by atoms with Crippen LogP contribution in [0, 0.1) is 13.8 Å². The monoisotopic (exact) mass is 218 g/mol. The Hall–Kier alpha value is -2.24. The summed E-state index contributed by atoms with van der Waals surface area (Å²) in [5.41, 5.74) is 1.38. The average Bonchev–Trinajstić information content (AvgIpc) is 2.64. The smallest absolute Gasteiger partial charge is 0.354 e. The minimum Gasteiger partial charge on any atom is -0.477 e. The molecule has 0 aliphatic heterocycles. The molecule has 6 nitrogen and oxygen atoms in total. The molecule has 2 aromatic rings. The number of aromatic nitrogens is 4. The first kappa shape index (κ1) is 10.3. The van der Waals surface area contributed by atoms with Crippen LogP contribution in [-0.4, -0.2) is 30.8 Å². The Morgan fingerprint density at radius 1 is 1.31 bits per heavy atom. The summed E-state index contributed by atoms with van der Waals surface area (Å²) in [6, 6.07) is 3.22. The molecule has 0 radical (unpaired) electrons. The minimum absolute atomic E-state index is 0.0318. The molecule has 2 aromatic heterocycles. The van der Waals surface area contributed by atoms with Crippen molar-refractivity contribution in [2.45, 2.75) is 13.8 Å². The van der Waals surface area contributed by atoms with Gasteiger partial charge < -0.3 is 5.11 Å². The van der Waals surface area contributed by atoms with Crippen LogP contribution in [0.4, 0.5) is 0 Å². The molecule has 0 bridgehead atoms. The highest BCUT2D eigenvalue weighted by Gasteiger charge is 2.10. The quantitative estimate of drug-likeness (QED) is 0.812. The van der Waals surface area contributed by atoms with Crippen molar-refractivity contribution in [2.24, 2.45) is 0 Å². The van der Waals surface area contributed by atoms with E-state index in [1.165, 1.54) is 10.7 Å². The van der Waals surface area contributed by atoms with Gasteiger partial charge in [0.25, 0.3) is 5.95 Å². The Balaban J connectivity index is 2.53. The van der Waals surface area contributed by atoms with Crippen LogP contribution < -0.4 is 0 Å². The Morgan fingerprint density at radius 3 is 2.62 bits per heavy atom. The first-order valence-corrected chi connectivity index (χ1v) is 4.68. The van der Waals surface area contributed by atoms with Gasteiger partial charge in [-0.25, -0.2) is 19.4 Å². The molecular weight excluding hydrogens is 208 g/mol. The molecule has 2 heterocycles. The third kappa shape index (κ3) is 1.90. The van der Waals surface area contributed by atoms with Gasteiger partial charge in [0, 0.05) is 11.9 Å². The number of carboxylic acids is 1. The molecule has 0 fully saturated rings. The molecule has 1 N–H and O–H groups in total. The van der Waals surface area contributed by atoms with Crippen LogP contribution in [-0.2, 0) is 0 Å². The fourth-order valence-corrected chi connectivity index (χ4v) is 1.29. The molecule has 0 aromatic carbocycles. The second-order valence-corrected chi connectivity index (χ2v) is 3.40. The fraction of sp³-hybridized carbons (Fsp3) is 0.200. The number of aromatic carboxylic acids is 1. The number of hydrogen-bond donors (Lipinski definition) is 1. The molecule has 0 saturated heterocycles. The van der Waals surface area contributed by atoms with Gasteiger partial charge in [-0.05, 0) is 26.0 Å². The van der Waals surface area contributed by atoms with Crippen LogP contribution in [0.5, 0.6) is 0 Å². The van der Waals surface area contributed by atoms with Crippen LogP contribution in [0.1, 0.15) is 21.9 Å². The van der Waals surface area contributed by atoms with Gasteiger partial charge in [0.1, 0.15) is 0 Å². The summed E-state index contributed by atoms with van der Waals surface area (Å²) in [5, 5.41) is 13.0. The Bertz CT molecular complexity index is 548. The van der Waals surface area contributed by atoms with Gasteiger partial charge in [0.15, 0.2) is 5.69 Å². The van der Waals surface area contributed by atoms with Crippen LogP contribution in [0.25, 0.3) is 5.95 Å². The molecule has 0 aliphatic rings. The number of nitrogens with zero attached hydrogens (tertiary/aromatic N) is 4. The molecule has 0 saturated carbocycles. The lowest BCUT2D eigenvalue weighted by Gasteiger charge is -2.02. The summed E-state index contributed by atoms with van der Waals surface area (Å²) in [7, 11) is 0. The molecule has 2 rings (SSSR count). The Kier molecular flexibility index (Phi) is 2.40. The van der Waals surface area contributed by atoms with Crippen molar-refractivity contribution in [3.8, 4) is 5.95 Å². The zero-order valence-electron chi connectivity index (χ0n) is 8.88. The zero-order valence-corrected chi connectivity index (χ0v) is 8.88. The largest absolute Gasteiger partial charge is 0.477 e. The third-order valence-corrected chi connectivity index (χ3v) is 1.99. The molecule has 6 heteroatoms. The first-order chi connectivity index (χ1) is 7.56. The van der Waals surface area contributed by atoms with Crippen LogP contribution in [0.2, 0.25) is 0 Å². The summed E-state index contributed by atoms with van der Waals surface area (Å²) in [6.07, 6.45) is 1.69. The van der Waals surface area contributed by atoms with Crippen molar-refractivity contribution in [1.29, 1.82) is 0 Å². The Labute approximate surface area is 91.6 Å². The van der Waals surface area contributed by atoms with E-state index >= 15 is 0 Å². The van der Waals surface area contributed by atoms with Gasteiger partial charge in [-0.2, -0.15) is 5.10 Å². The van der Waals surface area contributed by atoms with E-state index in [0.717, 1.165) is 5.69 Å². The van der Waals surface area contributed by atoms with Crippen molar-refractivity contribution in [3.63, 3.8) is 0 Å². The summed E-state index contributed by atoms with van der Waals surface area (Å²) in [4.78, 5) is 18.9. The van der Waals surface area contributed by atoms with Crippen molar-refractivity contribution >= 4 is 5.97 Å². The number of aryl methyl sites for hydroxylation is 2. The second kappa shape index (κ2) is 3.73. The third-order valence-electron chi connectivity index (χ3n) is 1.99. The van der Waals surface area contributed by atoms with Gasteiger partial charge in [0.05, 0.1) is 5.69 Å². The van der Waals surface area contributed by atoms with Crippen molar-refractivity contribution in [1.82, 2.24) is 19.7 Å². The van der Waals surface area contributed by atoms with E-state index in [1.807, 2.05) is 6.92 Å². The van der Waals surface area contributed by atoms with Crippen molar-refractivity contribution in [3.05, 3.63) is 35.4 Å². The number of hydrogen-bond acceptors (Lipinski definition) is 4. The van der Waals surface area contributed by atoms with Gasteiger partial charge in [-0.15, -0.1) is 0 Å². The molecule has 0 amide bonds. The van der Waals surface area contributed by atoms with Gasteiger partial charge in [-0.3, -0.25) is 0 Å². The summed E-state index contributed by atoms with van der Waals surface area (Å²) >= 11 is 0. The SMILES string of the molecule is Cc1cc(C(=O)O)nc(-n2ccc(C)n2)n1. The second-order valence-electron chi connectivity index (χ2n) is 3.40. The highest BCUT2D eigenvalue weighted by molar-refractivity contribution is 5.85. The van der Waals surface area contributed by atoms with E-state index in [9.17, 15) is 4.79 Å². The van der Waals surface area contributed by atoms with Gasteiger partial charge >= 0.3 is 5.97 Å². The van der Waals surface area contributed by atoms with E-state index in [2.05, 4.69) is 15.1 Å². The molecule has 82 valence electrons. The standard InChI is InChI=1S/C10H10N4O2/c1-6-3-4-14(13-6)10-11-7(2)5-8(12-10)9(15)16/h3-5H,1-2H3,(H,15,16). The van der Waals surface area contributed by atoms with Crippen LogP contribution in [0.15, 0.2) is 18.3 Å². The summed E-state index contributed by atoms with van der Waals surface area (Å²) in [5.74, 6) is -0.805. The zero-order chi connectivity index (χ0) is 11.7. The van der Waals surface area contributed by atoms with Crippen LogP contribution in [0.3, 0.4) is 0 Å². The highest BCUT2D eigenvalue weighted by Crippen LogP contribution is 2.05. The number of carboxylic acid groups (broad SMARTS) is 1. The van der Waals surface area contributed by atoms with Crippen LogP contribution >= 0.6 is 0 Å². The fourth-order valence-electron chi connectivity index (χ4n) is 1.29. The maximum atomic E-state index is 10.8.